The first kappa shape index (κ1) is 20.7. The van der Waals surface area contributed by atoms with E-state index in [2.05, 4.69) is 10.3 Å². The topological polar surface area (TPSA) is 89.2 Å². The van der Waals surface area contributed by atoms with Crippen molar-refractivity contribution >= 4 is 17.6 Å². The van der Waals surface area contributed by atoms with Crippen LogP contribution in [0.5, 0.6) is 5.75 Å². The van der Waals surface area contributed by atoms with E-state index >= 15 is 0 Å². The first-order valence-electron chi connectivity index (χ1n) is 9.70. The maximum Gasteiger partial charge on any atom is 0.254 e. The van der Waals surface area contributed by atoms with Gasteiger partial charge in [0, 0.05) is 18.7 Å². The fraction of sp³-hybridized carbons (Fsp3) is 0.364. The van der Waals surface area contributed by atoms with E-state index in [0.29, 0.717) is 36.9 Å². The van der Waals surface area contributed by atoms with Crippen LogP contribution in [-0.4, -0.2) is 49.2 Å². The number of para-hydroxylation sites is 2. The molecule has 2 unspecified atom stereocenters. The smallest absolute Gasteiger partial charge is 0.254 e. The minimum Gasteiger partial charge on any atom is -0.495 e. The average molecular weight is 396 g/mol. The van der Waals surface area contributed by atoms with Crippen molar-refractivity contribution in [3.8, 4) is 5.75 Å². The summed E-state index contributed by atoms with van der Waals surface area (Å²) in [6.45, 7) is 5.61. The maximum absolute atomic E-state index is 12.7. The van der Waals surface area contributed by atoms with E-state index in [1.807, 2.05) is 67.3 Å². The fourth-order valence-electron chi connectivity index (χ4n) is 3.38. The van der Waals surface area contributed by atoms with Crippen LogP contribution in [0.4, 0.5) is 5.69 Å². The largest absolute Gasteiger partial charge is 0.495 e. The molecule has 1 heterocycles. The van der Waals surface area contributed by atoms with Gasteiger partial charge in [-0.05, 0) is 43.7 Å². The minimum absolute atomic E-state index is 0.0272. The van der Waals surface area contributed by atoms with Crippen molar-refractivity contribution in [1.29, 1.82) is 0 Å². The highest BCUT2D eigenvalue weighted by atomic mass is 16.5. The Hall–Kier alpha value is -3.06. The molecule has 1 aliphatic heterocycles. The molecular formula is C22H28N4O3. The number of guanidine groups is 1. The molecule has 0 aromatic heterocycles. The predicted molar refractivity (Wildman–Crippen MR) is 114 cm³/mol. The van der Waals surface area contributed by atoms with Gasteiger partial charge in [0.2, 0.25) is 0 Å². The van der Waals surface area contributed by atoms with Gasteiger partial charge in [0.1, 0.15) is 5.75 Å². The SMILES string of the molecule is COc1ccccc1NC(N)=NCc1ccc(C(=O)N2CC(C)OC(C)C2)cc1. The Balaban J connectivity index is 1.60. The highest BCUT2D eigenvalue weighted by Gasteiger charge is 2.26. The number of nitrogens with one attached hydrogen (secondary N) is 1. The highest BCUT2D eigenvalue weighted by molar-refractivity contribution is 5.94. The molecule has 1 aliphatic rings. The number of nitrogens with zero attached hydrogens (tertiary/aromatic N) is 2. The number of morpholine rings is 1. The van der Waals surface area contributed by atoms with E-state index < -0.39 is 0 Å². The molecule has 2 aromatic carbocycles. The number of carbonyl (C=O) groups excluding carboxylic acids is 1. The number of aliphatic imine (C=N–C) groups is 1. The number of hydrogen-bond acceptors (Lipinski definition) is 4. The molecule has 2 aromatic rings. The summed E-state index contributed by atoms with van der Waals surface area (Å²) in [6, 6.07) is 15.0. The number of carbonyl (C=O) groups is 1. The normalized spacial score (nSPS) is 19.7. The number of benzene rings is 2. The number of rotatable bonds is 5. The van der Waals surface area contributed by atoms with E-state index in [4.69, 9.17) is 15.2 Å². The van der Waals surface area contributed by atoms with Crippen LogP contribution in [0.25, 0.3) is 0 Å². The van der Waals surface area contributed by atoms with E-state index in [-0.39, 0.29) is 18.1 Å². The highest BCUT2D eigenvalue weighted by Crippen LogP contribution is 2.22. The minimum atomic E-state index is 0.0272. The van der Waals surface area contributed by atoms with Gasteiger partial charge in [0.05, 0.1) is 31.5 Å². The predicted octanol–water partition coefficient (Wildman–Crippen LogP) is 2.87. The second-order valence-electron chi connectivity index (χ2n) is 7.19. The van der Waals surface area contributed by atoms with Gasteiger partial charge in [0.15, 0.2) is 5.96 Å². The van der Waals surface area contributed by atoms with E-state index in [0.717, 1.165) is 11.3 Å². The third-order valence-corrected chi connectivity index (χ3v) is 4.71. The molecule has 1 amide bonds. The number of hydrogen-bond donors (Lipinski definition) is 2. The molecule has 3 rings (SSSR count). The lowest BCUT2D eigenvalue weighted by Gasteiger charge is -2.35. The molecule has 0 spiro atoms. The molecule has 3 N–H and O–H groups in total. The van der Waals surface area contributed by atoms with Crippen molar-refractivity contribution in [2.45, 2.75) is 32.6 Å². The van der Waals surface area contributed by atoms with Crippen molar-refractivity contribution in [1.82, 2.24) is 4.90 Å². The Bertz CT molecular complexity index is 857. The van der Waals surface area contributed by atoms with E-state index in [1.54, 1.807) is 7.11 Å². The molecule has 7 heteroatoms. The lowest BCUT2D eigenvalue weighted by atomic mass is 10.1. The average Bonchev–Trinajstić information content (AvgIpc) is 2.72. The molecule has 2 atom stereocenters. The summed E-state index contributed by atoms with van der Waals surface area (Å²) < 4.78 is 11.0. The molecular weight excluding hydrogens is 368 g/mol. The quantitative estimate of drug-likeness (QED) is 0.599. The zero-order valence-corrected chi connectivity index (χ0v) is 17.1. The number of methoxy groups -OCH3 is 1. The second kappa shape index (κ2) is 9.43. The van der Waals surface area contributed by atoms with Crippen LogP contribution in [0, 0.1) is 0 Å². The molecule has 1 saturated heterocycles. The summed E-state index contributed by atoms with van der Waals surface area (Å²) in [6.07, 6.45) is 0.102. The molecule has 0 radical (unpaired) electrons. The van der Waals surface area contributed by atoms with Gasteiger partial charge in [-0.25, -0.2) is 4.99 Å². The molecule has 29 heavy (non-hydrogen) atoms. The lowest BCUT2D eigenvalue weighted by Crippen LogP contribution is -2.48. The number of ether oxygens (including phenoxy) is 2. The zero-order valence-electron chi connectivity index (χ0n) is 17.1. The van der Waals surface area contributed by atoms with Gasteiger partial charge >= 0.3 is 0 Å². The molecule has 1 fully saturated rings. The van der Waals surface area contributed by atoms with E-state index in [1.165, 1.54) is 0 Å². The molecule has 0 saturated carbocycles. The monoisotopic (exact) mass is 396 g/mol. The van der Waals surface area contributed by atoms with Crippen LogP contribution in [0.2, 0.25) is 0 Å². The number of nitrogens with two attached hydrogens (primary N) is 1. The molecule has 7 nitrogen and oxygen atoms in total. The summed E-state index contributed by atoms with van der Waals surface area (Å²) in [5, 5.41) is 3.04. The molecule has 154 valence electrons. The Morgan fingerprint density at radius 3 is 2.48 bits per heavy atom. The van der Waals surface area contributed by atoms with Crippen molar-refractivity contribution in [2.75, 3.05) is 25.5 Å². The Morgan fingerprint density at radius 2 is 1.83 bits per heavy atom. The first-order chi connectivity index (χ1) is 14.0. The van der Waals surface area contributed by atoms with Crippen LogP contribution in [0.3, 0.4) is 0 Å². The van der Waals surface area contributed by atoms with Crippen molar-refractivity contribution in [3.05, 3.63) is 59.7 Å². The third-order valence-electron chi connectivity index (χ3n) is 4.71. The van der Waals surface area contributed by atoms with Crippen LogP contribution in [0.15, 0.2) is 53.5 Å². The van der Waals surface area contributed by atoms with Gasteiger partial charge in [-0.2, -0.15) is 0 Å². The fourth-order valence-corrected chi connectivity index (χ4v) is 3.38. The van der Waals surface area contributed by atoms with Crippen molar-refractivity contribution < 1.29 is 14.3 Å². The van der Waals surface area contributed by atoms with Gasteiger partial charge < -0.3 is 25.4 Å². The Kier molecular flexibility index (Phi) is 6.72. The van der Waals surface area contributed by atoms with E-state index in [9.17, 15) is 4.79 Å². The summed E-state index contributed by atoms with van der Waals surface area (Å²) in [7, 11) is 1.61. The van der Waals surface area contributed by atoms with Gasteiger partial charge in [-0.1, -0.05) is 24.3 Å². The summed E-state index contributed by atoms with van der Waals surface area (Å²) in [5.74, 6) is 1.02. The van der Waals surface area contributed by atoms with Crippen LogP contribution >= 0.6 is 0 Å². The van der Waals surface area contributed by atoms with Crippen molar-refractivity contribution in [2.24, 2.45) is 10.7 Å². The summed E-state index contributed by atoms with van der Waals surface area (Å²) >= 11 is 0. The third kappa shape index (κ3) is 5.48. The lowest BCUT2D eigenvalue weighted by molar-refractivity contribution is -0.0586. The summed E-state index contributed by atoms with van der Waals surface area (Å²) in [5.41, 5.74) is 8.38. The number of anilines is 1. The first-order valence-corrected chi connectivity index (χ1v) is 9.70. The molecule has 0 aliphatic carbocycles. The van der Waals surface area contributed by atoms with Gasteiger partial charge in [0.25, 0.3) is 5.91 Å². The zero-order chi connectivity index (χ0) is 20.8. The van der Waals surface area contributed by atoms with Crippen LogP contribution in [0.1, 0.15) is 29.8 Å². The van der Waals surface area contributed by atoms with Crippen LogP contribution < -0.4 is 15.8 Å². The maximum atomic E-state index is 12.7. The second-order valence-corrected chi connectivity index (χ2v) is 7.19. The van der Waals surface area contributed by atoms with Crippen molar-refractivity contribution in [3.63, 3.8) is 0 Å². The summed E-state index contributed by atoms with van der Waals surface area (Å²) in [4.78, 5) is 18.9. The Labute approximate surface area is 171 Å². The Morgan fingerprint density at radius 1 is 1.17 bits per heavy atom. The van der Waals surface area contributed by atoms with Gasteiger partial charge in [-0.3, -0.25) is 4.79 Å². The molecule has 0 bridgehead atoms. The standard InChI is InChI=1S/C22H28N4O3/c1-15-13-26(14-16(2)29-15)21(27)18-10-8-17(9-11-18)12-24-22(23)25-19-6-4-5-7-20(19)28-3/h4-11,15-16H,12-14H2,1-3H3,(H3,23,24,25). The van der Waals surface area contributed by atoms with Crippen LogP contribution in [-0.2, 0) is 11.3 Å². The number of amides is 1. The van der Waals surface area contributed by atoms with Gasteiger partial charge in [-0.15, -0.1) is 0 Å².